The van der Waals surface area contributed by atoms with Gasteiger partial charge in [-0.1, -0.05) is 29.8 Å². The zero-order chi connectivity index (χ0) is 18.3. The van der Waals surface area contributed by atoms with Crippen molar-refractivity contribution in [3.05, 3.63) is 57.3 Å². The molecule has 2 aromatic rings. The number of hydrogen-bond donors (Lipinski definition) is 0. The molecule has 2 aliphatic rings. The van der Waals surface area contributed by atoms with E-state index in [1.807, 2.05) is 4.90 Å². The highest BCUT2D eigenvalue weighted by atomic mass is 32.1. The van der Waals surface area contributed by atoms with Gasteiger partial charge in [0.05, 0.1) is 6.04 Å². The third-order valence-electron chi connectivity index (χ3n) is 5.38. The molecule has 1 aliphatic carbocycles. The van der Waals surface area contributed by atoms with Crippen LogP contribution in [0.3, 0.4) is 0 Å². The van der Waals surface area contributed by atoms with E-state index in [1.165, 1.54) is 16.0 Å². The number of carbonyl (C=O) groups is 2. The fourth-order valence-electron chi connectivity index (χ4n) is 3.81. The number of nitrogens with zero attached hydrogens (tertiary/aromatic N) is 2. The monoisotopic (exact) mass is 368 g/mol. The van der Waals surface area contributed by atoms with E-state index in [2.05, 4.69) is 42.6 Å². The second kappa shape index (κ2) is 6.88. The van der Waals surface area contributed by atoms with E-state index >= 15 is 0 Å². The van der Waals surface area contributed by atoms with Crippen LogP contribution in [-0.4, -0.2) is 40.7 Å². The molecular weight excluding hydrogens is 344 g/mol. The molecule has 1 fully saturated rings. The van der Waals surface area contributed by atoms with E-state index in [-0.39, 0.29) is 30.4 Å². The topological polar surface area (TPSA) is 40.6 Å². The highest BCUT2D eigenvalue weighted by Crippen LogP contribution is 2.38. The lowest BCUT2D eigenvalue weighted by molar-refractivity contribution is -0.141. The first-order chi connectivity index (χ1) is 12.5. The highest BCUT2D eigenvalue weighted by molar-refractivity contribution is 7.10. The minimum absolute atomic E-state index is 0.000896. The van der Waals surface area contributed by atoms with Crippen LogP contribution in [0.25, 0.3) is 0 Å². The molecule has 2 heterocycles. The Labute approximate surface area is 158 Å². The molecule has 0 bridgehead atoms. The summed E-state index contributed by atoms with van der Waals surface area (Å²) in [5, 5.41) is 2.12. The molecule has 0 spiro atoms. The van der Waals surface area contributed by atoms with Gasteiger partial charge in [-0.2, -0.15) is 0 Å². The quantitative estimate of drug-likeness (QED) is 0.828. The van der Waals surface area contributed by atoms with Crippen molar-refractivity contribution >= 4 is 23.2 Å². The van der Waals surface area contributed by atoms with Crippen molar-refractivity contribution in [3.8, 4) is 0 Å². The minimum Gasteiger partial charge on any atom is -0.331 e. The number of benzene rings is 1. The summed E-state index contributed by atoms with van der Waals surface area (Å²) in [5.74, 6) is 0.0514. The van der Waals surface area contributed by atoms with Gasteiger partial charge in [0.25, 0.3) is 0 Å². The summed E-state index contributed by atoms with van der Waals surface area (Å²) in [4.78, 5) is 30.2. The number of aryl methyl sites for hydroxylation is 1. The number of hydrogen-bond acceptors (Lipinski definition) is 3. The maximum Gasteiger partial charge on any atom is 0.243 e. The number of rotatable bonds is 4. The smallest absolute Gasteiger partial charge is 0.243 e. The Balaban J connectivity index is 1.64. The summed E-state index contributed by atoms with van der Waals surface area (Å²) < 4.78 is 0. The Bertz CT molecular complexity index is 823. The van der Waals surface area contributed by atoms with Crippen LogP contribution in [0.5, 0.6) is 0 Å². The Morgan fingerprint density at radius 2 is 1.92 bits per heavy atom. The summed E-state index contributed by atoms with van der Waals surface area (Å²) in [7, 11) is 0. The van der Waals surface area contributed by atoms with Crippen LogP contribution in [0, 0.1) is 6.92 Å². The van der Waals surface area contributed by atoms with Crippen molar-refractivity contribution in [2.75, 3.05) is 13.1 Å². The first kappa shape index (κ1) is 17.3. The van der Waals surface area contributed by atoms with Gasteiger partial charge in [-0.15, -0.1) is 11.3 Å². The summed E-state index contributed by atoms with van der Waals surface area (Å²) in [6.07, 6.45) is 2.93. The summed E-state index contributed by atoms with van der Waals surface area (Å²) in [5.41, 5.74) is 3.59. The van der Waals surface area contributed by atoms with Gasteiger partial charge in [0.1, 0.15) is 6.54 Å². The van der Waals surface area contributed by atoms with Crippen LogP contribution in [0.4, 0.5) is 0 Å². The van der Waals surface area contributed by atoms with Gasteiger partial charge in [-0.25, -0.2) is 0 Å². The Kier molecular flexibility index (Phi) is 4.57. The molecule has 1 saturated carbocycles. The summed E-state index contributed by atoms with van der Waals surface area (Å²) in [6.45, 7) is 4.54. The third-order valence-corrected chi connectivity index (χ3v) is 6.37. The molecule has 1 aliphatic heterocycles. The molecule has 0 radical (unpaired) electrons. The van der Waals surface area contributed by atoms with Crippen LogP contribution in [0.15, 0.2) is 35.7 Å². The number of carbonyl (C=O) groups excluding carboxylic acids is 2. The van der Waals surface area contributed by atoms with E-state index in [0.29, 0.717) is 6.54 Å². The van der Waals surface area contributed by atoms with E-state index in [9.17, 15) is 9.59 Å². The molecule has 0 saturated heterocycles. The zero-order valence-electron chi connectivity index (χ0n) is 15.3. The Morgan fingerprint density at radius 1 is 1.19 bits per heavy atom. The predicted octanol–water partition coefficient (Wildman–Crippen LogP) is 3.54. The van der Waals surface area contributed by atoms with Gasteiger partial charge in [0.15, 0.2) is 0 Å². The van der Waals surface area contributed by atoms with Gasteiger partial charge in [0, 0.05) is 24.4 Å². The summed E-state index contributed by atoms with van der Waals surface area (Å²) in [6, 6.07) is 10.8. The molecule has 0 N–H and O–H groups in total. The predicted molar refractivity (Wildman–Crippen MR) is 103 cm³/mol. The number of amides is 2. The summed E-state index contributed by atoms with van der Waals surface area (Å²) >= 11 is 1.77. The van der Waals surface area contributed by atoms with Crippen LogP contribution < -0.4 is 0 Å². The van der Waals surface area contributed by atoms with Crippen molar-refractivity contribution in [1.82, 2.24) is 9.80 Å². The fraction of sp³-hybridized carbons (Fsp3) is 0.429. The van der Waals surface area contributed by atoms with Crippen LogP contribution in [0.1, 0.15) is 47.4 Å². The molecule has 1 atom stereocenters. The third kappa shape index (κ3) is 3.28. The molecule has 1 aromatic heterocycles. The normalized spacial score (nSPS) is 19.2. The molecule has 26 heavy (non-hydrogen) atoms. The van der Waals surface area contributed by atoms with Crippen molar-refractivity contribution in [3.63, 3.8) is 0 Å². The van der Waals surface area contributed by atoms with E-state index in [1.54, 1.807) is 23.2 Å². The highest BCUT2D eigenvalue weighted by Gasteiger charge is 2.37. The molecule has 2 amide bonds. The van der Waals surface area contributed by atoms with Gasteiger partial charge < -0.3 is 9.80 Å². The van der Waals surface area contributed by atoms with Crippen LogP contribution >= 0.6 is 11.3 Å². The molecule has 0 unspecified atom stereocenters. The second-order valence-corrected chi connectivity index (χ2v) is 8.33. The zero-order valence-corrected chi connectivity index (χ0v) is 16.1. The van der Waals surface area contributed by atoms with Gasteiger partial charge in [0.2, 0.25) is 11.8 Å². The molecule has 1 aromatic carbocycles. The van der Waals surface area contributed by atoms with Gasteiger partial charge in [-0.05, 0) is 48.8 Å². The second-order valence-electron chi connectivity index (χ2n) is 7.33. The standard InChI is InChI=1S/C21H24N2O2S/c1-14-3-5-16(6-4-14)21-18-10-12-26-19(18)9-11-22(21)20(25)13-23(15(2)24)17-7-8-17/h3-6,10,12,17,21H,7-9,11,13H2,1-2H3/t21-/m0/s1. The molecule has 4 rings (SSSR count). The maximum atomic E-state index is 13.2. The lowest BCUT2D eigenvalue weighted by Crippen LogP contribution is -2.47. The first-order valence-electron chi connectivity index (χ1n) is 9.24. The lowest BCUT2D eigenvalue weighted by atomic mass is 9.92. The Hall–Kier alpha value is -2.14. The minimum atomic E-state index is -0.0499. The van der Waals surface area contributed by atoms with Gasteiger partial charge >= 0.3 is 0 Å². The number of fused-ring (bicyclic) bond motifs is 1. The average molecular weight is 369 g/mol. The van der Waals surface area contributed by atoms with Crippen molar-refractivity contribution in [2.24, 2.45) is 0 Å². The first-order valence-corrected chi connectivity index (χ1v) is 10.1. The van der Waals surface area contributed by atoms with E-state index in [4.69, 9.17) is 0 Å². The number of thiophene rings is 1. The van der Waals surface area contributed by atoms with Crippen molar-refractivity contribution < 1.29 is 9.59 Å². The molecular formula is C21H24N2O2S. The molecule has 136 valence electrons. The van der Waals surface area contributed by atoms with Gasteiger partial charge in [-0.3, -0.25) is 9.59 Å². The van der Waals surface area contributed by atoms with Crippen LogP contribution in [0.2, 0.25) is 0 Å². The Morgan fingerprint density at radius 3 is 2.58 bits per heavy atom. The largest absolute Gasteiger partial charge is 0.331 e. The molecule has 5 heteroatoms. The van der Waals surface area contributed by atoms with Crippen molar-refractivity contribution in [1.29, 1.82) is 0 Å². The van der Waals surface area contributed by atoms with Crippen molar-refractivity contribution in [2.45, 2.75) is 45.2 Å². The van der Waals surface area contributed by atoms with E-state index < -0.39 is 0 Å². The van der Waals surface area contributed by atoms with E-state index in [0.717, 1.165) is 24.8 Å². The average Bonchev–Trinajstić information content (AvgIpc) is 3.35. The lowest BCUT2D eigenvalue weighted by Gasteiger charge is -2.37. The van der Waals surface area contributed by atoms with Crippen LogP contribution in [-0.2, 0) is 16.0 Å². The fourth-order valence-corrected chi connectivity index (χ4v) is 4.72. The SMILES string of the molecule is CC(=O)N(CC(=O)N1CCc2sccc2[C@@H]1c1ccc(C)cc1)C1CC1. The maximum absolute atomic E-state index is 13.2. The molecule has 4 nitrogen and oxygen atoms in total.